The molecule has 0 aliphatic rings. The molecule has 6 nitrogen and oxygen atoms in total. The number of urea groups is 1. The molecule has 0 saturated heterocycles. The van der Waals surface area contributed by atoms with Crippen molar-refractivity contribution in [1.82, 2.24) is 15.1 Å². The SMILES string of the molecule is COCCn1cc(NC(=O)NC(c2cccs2)C(C)C)cn1. The van der Waals surface area contributed by atoms with E-state index in [1.54, 1.807) is 35.5 Å². The summed E-state index contributed by atoms with van der Waals surface area (Å²) >= 11 is 1.65. The summed E-state index contributed by atoms with van der Waals surface area (Å²) in [6, 6.07) is 3.81. The Kier molecular flexibility index (Phi) is 5.97. The molecule has 0 radical (unpaired) electrons. The van der Waals surface area contributed by atoms with E-state index in [9.17, 15) is 4.79 Å². The number of hydrogen-bond acceptors (Lipinski definition) is 4. The molecular formula is C15H22N4O2S. The average molecular weight is 322 g/mol. The summed E-state index contributed by atoms with van der Waals surface area (Å²) in [7, 11) is 1.65. The first-order valence-electron chi connectivity index (χ1n) is 7.22. The number of thiophene rings is 1. The number of amides is 2. The lowest BCUT2D eigenvalue weighted by Gasteiger charge is -2.21. The van der Waals surface area contributed by atoms with Gasteiger partial charge in [0, 0.05) is 18.2 Å². The Morgan fingerprint density at radius 2 is 2.32 bits per heavy atom. The number of nitrogens with one attached hydrogen (secondary N) is 2. The van der Waals surface area contributed by atoms with Crippen molar-refractivity contribution in [3.63, 3.8) is 0 Å². The summed E-state index contributed by atoms with van der Waals surface area (Å²) in [5.74, 6) is 0.314. The number of rotatable bonds is 7. The maximum atomic E-state index is 12.2. The maximum Gasteiger partial charge on any atom is 0.319 e. The topological polar surface area (TPSA) is 68.2 Å². The predicted octanol–water partition coefficient (Wildman–Crippen LogP) is 3.11. The third-order valence-corrected chi connectivity index (χ3v) is 4.17. The van der Waals surface area contributed by atoms with Gasteiger partial charge in [-0.25, -0.2) is 4.79 Å². The first-order chi connectivity index (χ1) is 10.6. The lowest BCUT2D eigenvalue weighted by Crippen LogP contribution is -2.34. The van der Waals surface area contributed by atoms with E-state index in [0.29, 0.717) is 24.8 Å². The van der Waals surface area contributed by atoms with Crippen molar-refractivity contribution in [3.8, 4) is 0 Å². The van der Waals surface area contributed by atoms with Gasteiger partial charge in [-0.1, -0.05) is 19.9 Å². The average Bonchev–Trinajstić information content (AvgIpc) is 3.14. The number of anilines is 1. The Labute approximate surface area is 134 Å². The Bertz CT molecular complexity index is 580. The molecule has 1 atom stereocenters. The molecule has 2 N–H and O–H groups in total. The van der Waals surface area contributed by atoms with Crippen LogP contribution in [-0.2, 0) is 11.3 Å². The minimum absolute atomic E-state index is 0.00327. The van der Waals surface area contributed by atoms with Crippen LogP contribution in [-0.4, -0.2) is 29.5 Å². The van der Waals surface area contributed by atoms with Crippen LogP contribution < -0.4 is 10.6 Å². The third-order valence-electron chi connectivity index (χ3n) is 3.22. The molecule has 0 aromatic carbocycles. The van der Waals surface area contributed by atoms with E-state index in [-0.39, 0.29) is 12.1 Å². The molecule has 0 aliphatic carbocycles. The van der Waals surface area contributed by atoms with Gasteiger partial charge in [-0.15, -0.1) is 11.3 Å². The summed E-state index contributed by atoms with van der Waals surface area (Å²) in [5, 5.41) is 12.0. The van der Waals surface area contributed by atoms with Crippen molar-refractivity contribution in [2.45, 2.75) is 26.4 Å². The number of nitrogens with zero attached hydrogens (tertiary/aromatic N) is 2. The number of carbonyl (C=O) groups is 1. The molecule has 0 saturated carbocycles. The molecule has 2 aromatic rings. The molecule has 0 fully saturated rings. The van der Waals surface area contributed by atoms with Crippen molar-refractivity contribution in [2.75, 3.05) is 19.0 Å². The summed E-state index contributed by atoms with van der Waals surface area (Å²) in [6.45, 7) is 5.42. The Morgan fingerprint density at radius 1 is 1.50 bits per heavy atom. The summed E-state index contributed by atoms with van der Waals surface area (Å²) < 4.78 is 6.73. The lowest BCUT2D eigenvalue weighted by atomic mass is 10.0. The van der Waals surface area contributed by atoms with Gasteiger partial charge in [-0.3, -0.25) is 4.68 Å². The molecule has 2 heterocycles. The molecule has 2 amide bonds. The van der Waals surface area contributed by atoms with Gasteiger partial charge in [0.1, 0.15) is 0 Å². The summed E-state index contributed by atoms with van der Waals surface area (Å²) in [5.41, 5.74) is 0.669. The fourth-order valence-corrected chi connectivity index (χ4v) is 3.03. The van der Waals surface area contributed by atoms with Crippen molar-refractivity contribution >= 4 is 23.1 Å². The highest BCUT2D eigenvalue weighted by molar-refractivity contribution is 7.10. The molecule has 120 valence electrons. The van der Waals surface area contributed by atoms with Gasteiger partial charge in [0.25, 0.3) is 0 Å². The van der Waals surface area contributed by atoms with Gasteiger partial charge in [0.2, 0.25) is 0 Å². The predicted molar refractivity (Wildman–Crippen MR) is 88.2 cm³/mol. The van der Waals surface area contributed by atoms with Crippen molar-refractivity contribution in [2.24, 2.45) is 5.92 Å². The molecule has 2 aromatic heterocycles. The van der Waals surface area contributed by atoms with E-state index < -0.39 is 0 Å². The second-order valence-corrected chi connectivity index (χ2v) is 6.30. The summed E-state index contributed by atoms with van der Waals surface area (Å²) in [6.07, 6.45) is 3.42. The molecule has 7 heteroatoms. The fraction of sp³-hybridized carbons (Fsp3) is 0.467. The molecule has 0 spiro atoms. The number of carbonyl (C=O) groups excluding carboxylic acids is 1. The highest BCUT2D eigenvalue weighted by atomic mass is 32.1. The zero-order chi connectivity index (χ0) is 15.9. The third kappa shape index (κ3) is 4.57. The highest BCUT2D eigenvalue weighted by Crippen LogP contribution is 2.25. The Balaban J connectivity index is 1.92. The van der Waals surface area contributed by atoms with Gasteiger partial charge >= 0.3 is 6.03 Å². The molecule has 0 aliphatic heterocycles. The van der Waals surface area contributed by atoms with Crippen LogP contribution in [0.2, 0.25) is 0 Å². The lowest BCUT2D eigenvalue weighted by molar-refractivity contribution is 0.183. The van der Waals surface area contributed by atoms with E-state index in [1.807, 2.05) is 17.5 Å². The van der Waals surface area contributed by atoms with Crippen LogP contribution in [0.4, 0.5) is 10.5 Å². The molecule has 22 heavy (non-hydrogen) atoms. The van der Waals surface area contributed by atoms with Gasteiger partial charge in [0.05, 0.1) is 31.1 Å². The van der Waals surface area contributed by atoms with Crippen LogP contribution in [0, 0.1) is 5.92 Å². The van der Waals surface area contributed by atoms with Crippen LogP contribution >= 0.6 is 11.3 Å². The van der Waals surface area contributed by atoms with Gasteiger partial charge in [0.15, 0.2) is 0 Å². The van der Waals surface area contributed by atoms with E-state index in [2.05, 4.69) is 29.6 Å². The van der Waals surface area contributed by atoms with Crippen LogP contribution in [0.15, 0.2) is 29.9 Å². The van der Waals surface area contributed by atoms with Crippen molar-refractivity contribution in [3.05, 3.63) is 34.8 Å². The first kappa shape index (κ1) is 16.5. The number of ether oxygens (including phenoxy) is 1. The number of methoxy groups -OCH3 is 1. The second kappa shape index (κ2) is 7.95. The highest BCUT2D eigenvalue weighted by Gasteiger charge is 2.19. The maximum absolute atomic E-state index is 12.2. The zero-order valence-electron chi connectivity index (χ0n) is 13.1. The van der Waals surface area contributed by atoms with E-state index in [1.165, 1.54) is 0 Å². The van der Waals surface area contributed by atoms with Crippen LogP contribution in [0.25, 0.3) is 0 Å². The van der Waals surface area contributed by atoms with E-state index >= 15 is 0 Å². The first-order valence-corrected chi connectivity index (χ1v) is 8.10. The van der Waals surface area contributed by atoms with E-state index in [4.69, 9.17) is 4.74 Å². The zero-order valence-corrected chi connectivity index (χ0v) is 13.9. The minimum atomic E-state index is -0.224. The van der Waals surface area contributed by atoms with Crippen molar-refractivity contribution in [1.29, 1.82) is 0 Å². The van der Waals surface area contributed by atoms with Crippen molar-refractivity contribution < 1.29 is 9.53 Å². The van der Waals surface area contributed by atoms with Gasteiger partial charge in [-0.2, -0.15) is 5.10 Å². The molecule has 2 rings (SSSR count). The van der Waals surface area contributed by atoms with Crippen LogP contribution in [0.1, 0.15) is 24.8 Å². The fourth-order valence-electron chi connectivity index (χ4n) is 2.08. The normalized spacial score (nSPS) is 12.4. The van der Waals surface area contributed by atoms with Crippen LogP contribution in [0.3, 0.4) is 0 Å². The Hall–Kier alpha value is -1.86. The molecule has 0 bridgehead atoms. The number of aromatic nitrogens is 2. The smallest absolute Gasteiger partial charge is 0.319 e. The summed E-state index contributed by atoms with van der Waals surface area (Å²) in [4.78, 5) is 13.3. The van der Waals surface area contributed by atoms with E-state index in [0.717, 1.165) is 4.88 Å². The standard InChI is InChI=1S/C15H22N4O2S/c1-11(2)14(13-5-4-8-22-13)18-15(20)17-12-9-16-19(10-12)6-7-21-3/h4-5,8-11,14H,6-7H2,1-3H3,(H2,17,18,20). The second-order valence-electron chi connectivity index (χ2n) is 5.32. The quantitative estimate of drug-likeness (QED) is 0.823. The van der Waals surface area contributed by atoms with Crippen LogP contribution in [0.5, 0.6) is 0 Å². The minimum Gasteiger partial charge on any atom is -0.383 e. The monoisotopic (exact) mass is 322 g/mol. The Morgan fingerprint density at radius 3 is 2.95 bits per heavy atom. The molecular weight excluding hydrogens is 300 g/mol. The largest absolute Gasteiger partial charge is 0.383 e. The molecule has 1 unspecified atom stereocenters. The van der Waals surface area contributed by atoms with Gasteiger partial charge < -0.3 is 15.4 Å². The van der Waals surface area contributed by atoms with Gasteiger partial charge in [-0.05, 0) is 17.4 Å². The number of hydrogen-bond donors (Lipinski definition) is 2.